The molecule has 1 unspecified atom stereocenters. The molecule has 0 saturated heterocycles. The number of aliphatic hydroxyl groups excluding tert-OH is 1. The molecule has 5 heteroatoms. The quantitative estimate of drug-likeness (QED) is 0.614. The van der Waals surface area contributed by atoms with Crippen LogP contribution in [0.15, 0.2) is 29.8 Å². The maximum Gasteiger partial charge on any atom is 0.416 e. The highest BCUT2D eigenvalue weighted by molar-refractivity contribution is 5.33. The average molecular weight is 288 g/mol. The Morgan fingerprint density at radius 1 is 1.10 bits per heavy atom. The maximum atomic E-state index is 13.7. The Labute approximate surface area is 114 Å². The molecule has 0 saturated carbocycles. The zero-order valence-corrected chi connectivity index (χ0v) is 10.9. The van der Waals surface area contributed by atoms with Crippen LogP contribution < -0.4 is 0 Å². The third-order valence-corrected chi connectivity index (χ3v) is 3.55. The summed E-state index contributed by atoms with van der Waals surface area (Å²) in [7, 11) is 0. The second kappa shape index (κ2) is 5.95. The highest BCUT2D eigenvalue weighted by atomic mass is 19.4. The lowest BCUT2D eigenvalue weighted by atomic mass is 9.96. The van der Waals surface area contributed by atoms with Gasteiger partial charge in [-0.25, -0.2) is 4.39 Å². The van der Waals surface area contributed by atoms with E-state index < -0.39 is 23.7 Å². The smallest absolute Gasteiger partial charge is 0.384 e. The molecule has 0 spiro atoms. The van der Waals surface area contributed by atoms with Gasteiger partial charge in [0.25, 0.3) is 0 Å². The highest BCUT2D eigenvalue weighted by Crippen LogP contribution is 2.35. The van der Waals surface area contributed by atoms with Crippen molar-refractivity contribution >= 4 is 0 Å². The molecule has 110 valence electrons. The van der Waals surface area contributed by atoms with E-state index in [1.54, 1.807) is 0 Å². The monoisotopic (exact) mass is 288 g/mol. The zero-order valence-electron chi connectivity index (χ0n) is 10.9. The number of hydrogen-bond acceptors (Lipinski definition) is 1. The van der Waals surface area contributed by atoms with E-state index in [9.17, 15) is 22.7 Å². The minimum atomic E-state index is -4.54. The molecule has 0 amide bonds. The van der Waals surface area contributed by atoms with E-state index in [1.807, 2.05) is 6.08 Å². The van der Waals surface area contributed by atoms with Crippen LogP contribution in [0.4, 0.5) is 17.6 Å². The van der Waals surface area contributed by atoms with Gasteiger partial charge in [0.2, 0.25) is 0 Å². The molecule has 1 atom stereocenters. The van der Waals surface area contributed by atoms with Crippen molar-refractivity contribution in [3.05, 3.63) is 46.8 Å². The topological polar surface area (TPSA) is 20.2 Å². The summed E-state index contributed by atoms with van der Waals surface area (Å²) in [6.45, 7) is 0. The summed E-state index contributed by atoms with van der Waals surface area (Å²) in [6.07, 6.45) is 0.208. The van der Waals surface area contributed by atoms with Crippen LogP contribution in [-0.4, -0.2) is 5.11 Å². The number of rotatable bonds is 2. The fourth-order valence-electron chi connectivity index (χ4n) is 2.42. The van der Waals surface area contributed by atoms with Gasteiger partial charge >= 0.3 is 6.18 Å². The van der Waals surface area contributed by atoms with E-state index in [0.717, 1.165) is 31.7 Å². The van der Waals surface area contributed by atoms with E-state index in [2.05, 4.69) is 0 Å². The predicted octanol–water partition coefficient (Wildman–Crippen LogP) is 4.77. The van der Waals surface area contributed by atoms with Crippen LogP contribution in [0.25, 0.3) is 0 Å². The van der Waals surface area contributed by atoms with E-state index in [4.69, 9.17) is 0 Å². The lowest BCUT2D eigenvalue weighted by molar-refractivity contribution is -0.137. The first kappa shape index (κ1) is 15.0. The molecular weight excluding hydrogens is 272 g/mol. The summed E-state index contributed by atoms with van der Waals surface area (Å²) < 4.78 is 51.7. The SMILES string of the molecule is OC(C1=CCCCCC1)c1cc(C(F)(F)F)ccc1F. The molecule has 1 aliphatic rings. The predicted molar refractivity (Wildman–Crippen MR) is 67.5 cm³/mol. The third kappa shape index (κ3) is 3.39. The van der Waals surface area contributed by atoms with Crippen molar-refractivity contribution in [1.29, 1.82) is 0 Å². The average Bonchev–Trinajstić information content (AvgIpc) is 2.66. The summed E-state index contributed by atoms with van der Waals surface area (Å²) in [4.78, 5) is 0. The summed E-state index contributed by atoms with van der Waals surface area (Å²) in [5, 5.41) is 10.2. The van der Waals surface area contributed by atoms with Gasteiger partial charge in [-0.05, 0) is 49.5 Å². The number of hydrogen-bond donors (Lipinski definition) is 1. The number of alkyl halides is 3. The van der Waals surface area contributed by atoms with Crippen molar-refractivity contribution in [3.8, 4) is 0 Å². The van der Waals surface area contributed by atoms with Crippen LogP contribution in [0.2, 0.25) is 0 Å². The molecule has 0 heterocycles. The molecule has 2 rings (SSSR count). The Bertz CT molecular complexity index is 505. The molecule has 1 nitrogen and oxygen atoms in total. The Balaban J connectivity index is 2.33. The van der Waals surface area contributed by atoms with Gasteiger partial charge in [-0.2, -0.15) is 13.2 Å². The van der Waals surface area contributed by atoms with Crippen molar-refractivity contribution < 1.29 is 22.7 Å². The highest BCUT2D eigenvalue weighted by Gasteiger charge is 2.32. The maximum absolute atomic E-state index is 13.7. The van der Waals surface area contributed by atoms with Gasteiger partial charge in [-0.1, -0.05) is 12.5 Å². The second-order valence-corrected chi connectivity index (χ2v) is 5.01. The van der Waals surface area contributed by atoms with Gasteiger partial charge in [0.1, 0.15) is 11.9 Å². The van der Waals surface area contributed by atoms with E-state index in [-0.39, 0.29) is 5.56 Å². The fraction of sp³-hybridized carbons (Fsp3) is 0.467. The van der Waals surface area contributed by atoms with Gasteiger partial charge in [0, 0.05) is 5.56 Å². The van der Waals surface area contributed by atoms with Crippen molar-refractivity contribution in [2.24, 2.45) is 0 Å². The molecule has 0 aliphatic heterocycles. The van der Waals surface area contributed by atoms with Crippen molar-refractivity contribution in [1.82, 2.24) is 0 Å². The van der Waals surface area contributed by atoms with Crippen LogP contribution in [0, 0.1) is 5.82 Å². The Morgan fingerprint density at radius 2 is 1.85 bits per heavy atom. The minimum absolute atomic E-state index is 0.298. The molecule has 0 aromatic heterocycles. The van der Waals surface area contributed by atoms with Crippen LogP contribution in [0.1, 0.15) is 49.3 Å². The third-order valence-electron chi connectivity index (χ3n) is 3.55. The van der Waals surface area contributed by atoms with Crippen LogP contribution in [-0.2, 0) is 6.18 Å². The Kier molecular flexibility index (Phi) is 4.48. The fourth-order valence-corrected chi connectivity index (χ4v) is 2.42. The lowest BCUT2D eigenvalue weighted by Crippen LogP contribution is -2.10. The lowest BCUT2D eigenvalue weighted by Gasteiger charge is -2.17. The first-order valence-electron chi connectivity index (χ1n) is 6.63. The normalized spacial score (nSPS) is 18.4. The summed E-state index contributed by atoms with van der Waals surface area (Å²) in [5.74, 6) is -0.810. The Hall–Kier alpha value is -1.36. The molecule has 1 aliphatic carbocycles. The minimum Gasteiger partial charge on any atom is -0.384 e. The summed E-state index contributed by atoms with van der Waals surface area (Å²) >= 11 is 0. The molecule has 0 fully saturated rings. The van der Waals surface area contributed by atoms with Crippen molar-refractivity contribution in [2.45, 2.75) is 44.4 Å². The van der Waals surface area contributed by atoms with Crippen LogP contribution in [0.3, 0.4) is 0 Å². The van der Waals surface area contributed by atoms with Gasteiger partial charge in [0.05, 0.1) is 5.56 Å². The van der Waals surface area contributed by atoms with E-state index in [1.165, 1.54) is 0 Å². The summed E-state index contributed by atoms with van der Waals surface area (Å²) in [6, 6.07) is 2.15. The first-order chi connectivity index (χ1) is 9.39. The number of aliphatic hydroxyl groups is 1. The molecule has 1 aromatic carbocycles. The van der Waals surface area contributed by atoms with Crippen molar-refractivity contribution in [2.75, 3.05) is 0 Å². The number of allylic oxidation sites excluding steroid dienone is 1. The molecule has 1 aromatic rings. The molecule has 0 bridgehead atoms. The summed E-state index contributed by atoms with van der Waals surface area (Å²) in [5.41, 5.74) is -0.629. The van der Waals surface area contributed by atoms with Gasteiger partial charge in [0.15, 0.2) is 0 Å². The van der Waals surface area contributed by atoms with Gasteiger partial charge < -0.3 is 5.11 Å². The van der Waals surface area contributed by atoms with E-state index >= 15 is 0 Å². The largest absolute Gasteiger partial charge is 0.416 e. The zero-order chi connectivity index (χ0) is 14.8. The van der Waals surface area contributed by atoms with Gasteiger partial charge in [-0.15, -0.1) is 0 Å². The number of benzene rings is 1. The van der Waals surface area contributed by atoms with Crippen molar-refractivity contribution in [3.63, 3.8) is 0 Å². The second-order valence-electron chi connectivity index (χ2n) is 5.01. The standard InChI is InChI=1S/C15H16F4O/c16-13-8-7-11(15(17,18)19)9-12(13)14(20)10-5-3-1-2-4-6-10/h5,7-9,14,20H,1-4,6H2. The van der Waals surface area contributed by atoms with Crippen LogP contribution in [0.5, 0.6) is 0 Å². The molecule has 20 heavy (non-hydrogen) atoms. The van der Waals surface area contributed by atoms with E-state index in [0.29, 0.717) is 24.1 Å². The first-order valence-corrected chi connectivity index (χ1v) is 6.63. The Morgan fingerprint density at radius 3 is 2.55 bits per heavy atom. The number of halogens is 4. The van der Waals surface area contributed by atoms with Crippen LogP contribution >= 0.6 is 0 Å². The molecular formula is C15H16F4O. The molecule has 0 radical (unpaired) electrons. The van der Waals surface area contributed by atoms with Gasteiger partial charge in [-0.3, -0.25) is 0 Å². The molecule has 1 N–H and O–H groups in total.